The number of nitrogens with one attached hydrogen (secondary N) is 1. The summed E-state index contributed by atoms with van der Waals surface area (Å²) in [5.41, 5.74) is 5.69. The zero-order valence-electron chi connectivity index (χ0n) is 12.0. The largest absolute Gasteiger partial charge is 0.381 e. The quantitative estimate of drug-likeness (QED) is 0.831. The maximum atomic E-state index is 12.5. The molecule has 1 aliphatic carbocycles. The lowest BCUT2D eigenvalue weighted by Gasteiger charge is -2.50. The fourth-order valence-electron chi connectivity index (χ4n) is 2.56. The van der Waals surface area contributed by atoms with Gasteiger partial charge in [-0.2, -0.15) is 0 Å². The molecule has 1 aromatic heterocycles. The van der Waals surface area contributed by atoms with Gasteiger partial charge in [0.15, 0.2) is 0 Å². The number of hydrogen-bond acceptors (Lipinski definition) is 5. The Bertz CT molecular complexity index is 586. The van der Waals surface area contributed by atoms with Crippen LogP contribution in [0.5, 0.6) is 0 Å². The van der Waals surface area contributed by atoms with Gasteiger partial charge in [-0.1, -0.05) is 13.8 Å². The number of aromatic nitrogens is 1. The minimum atomic E-state index is -3.61. The Labute approximate surface area is 119 Å². The number of rotatable bonds is 5. The van der Waals surface area contributed by atoms with Crippen molar-refractivity contribution in [2.24, 2.45) is 11.1 Å². The van der Waals surface area contributed by atoms with Crippen LogP contribution >= 0.6 is 0 Å². The van der Waals surface area contributed by atoms with Gasteiger partial charge in [0.1, 0.15) is 4.90 Å². The average molecular weight is 299 g/mol. The number of hydrogen-bond donors (Lipinski definition) is 2. The molecule has 112 valence electrons. The molecule has 0 aromatic carbocycles. The molecule has 1 aromatic rings. The Kier molecular flexibility index (Phi) is 4.15. The first-order valence-corrected chi connectivity index (χ1v) is 8.00. The predicted molar refractivity (Wildman–Crippen MR) is 75.4 cm³/mol. The summed E-state index contributed by atoms with van der Waals surface area (Å²) in [4.78, 5) is 4.17. The second kappa shape index (κ2) is 5.40. The molecule has 1 aliphatic rings. The van der Waals surface area contributed by atoms with Gasteiger partial charge >= 0.3 is 0 Å². The maximum absolute atomic E-state index is 12.5. The van der Waals surface area contributed by atoms with Crippen LogP contribution in [-0.2, 0) is 21.3 Å². The van der Waals surface area contributed by atoms with Crippen molar-refractivity contribution in [2.75, 3.05) is 7.11 Å². The van der Waals surface area contributed by atoms with Crippen LogP contribution in [0.4, 0.5) is 0 Å². The normalized spacial score (nSPS) is 25.2. The van der Waals surface area contributed by atoms with Gasteiger partial charge in [0.05, 0.1) is 11.8 Å². The lowest BCUT2D eigenvalue weighted by Crippen LogP contribution is -2.61. The molecule has 2 atom stereocenters. The van der Waals surface area contributed by atoms with Crippen molar-refractivity contribution in [1.82, 2.24) is 9.71 Å². The SMILES string of the molecule is COC1CC(NS(=O)(=O)c2cccnc2CN)C1(C)C. The molecular formula is C13H21N3O3S. The smallest absolute Gasteiger partial charge is 0.242 e. The zero-order valence-corrected chi connectivity index (χ0v) is 12.8. The molecule has 0 spiro atoms. The number of ether oxygens (including phenoxy) is 1. The van der Waals surface area contributed by atoms with E-state index in [2.05, 4.69) is 9.71 Å². The molecule has 2 rings (SSSR count). The highest BCUT2D eigenvalue weighted by Gasteiger charge is 2.50. The molecule has 0 bridgehead atoms. The van der Waals surface area contributed by atoms with Gasteiger partial charge in [0.2, 0.25) is 10.0 Å². The summed E-state index contributed by atoms with van der Waals surface area (Å²) in [5.74, 6) is 0. The zero-order chi connectivity index (χ0) is 15.0. The number of nitrogens with zero attached hydrogens (tertiary/aromatic N) is 1. The molecule has 6 nitrogen and oxygen atoms in total. The van der Waals surface area contributed by atoms with E-state index >= 15 is 0 Å². The van der Waals surface area contributed by atoms with E-state index in [9.17, 15) is 8.42 Å². The van der Waals surface area contributed by atoms with Crippen LogP contribution < -0.4 is 10.5 Å². The average Bonchev–Trinajstić information content (AvgIpc) is 2.43. The van der Waals surface area contributed by atoms with E-state index in [1.54, 1.807) is 13.2 Å². The molecule has 0 aliphatic heterocycles. The predicted octanol–water partition coefficient (Wildman–Crippen LogP) is 0.632. The van der Waals surface area contributed by atoms with Crippen LogP contribution in [0, 0.1) is 5.41 Å². The van der Waals surface area contributed by atoms with E-state index in [0.717, 1.165) is 0 Å². The summed E-state index contributed by atoms with van der Waals surface area (Å²) in [7, 11) is -1.97. The fourth-order valence-corrected chi connectivity index (χ4v) is 4.16. The van der Waals surface area contributed by atoms with E-state index in [1.165, 1.54) is 12.3 Å². The fraction of sp³-hybridized carbons (Fsp3) is 0.615. The van der Waals surface area contributed by atoms with Gasteiger partial charge in [-0.25, -0.2) is 13.1 Å². The first-order valence-electron chi connectivity index (χ1n) is 6.52. The molecule has 1 fully saturated rings. The standard InChI is InChI=1S/C13H21N3O3S/c1-13(2)11(7-12(13)19-3)16-20(17,18)10-5-4-6-15-9(10)8-14/h4-6,11-12,16H,7-8,14H2,1-3H3. The van der Waals surface area contributed by atoms with Crippen molar-refractivity contribution in [3.63, 3.8) is 0 Å². The third-order valence-electron chi connectivity index (χ3n) is 4.09. The number of pyridine rings is 1. The minimum Gasteiger partial charge on any atom is -0.381 e. The van der Waals surface area contributed by atoms with Crippen LogP contribution in [-0.4, -0.2) is 32.7 Å². The van der Waals surface area contributed by atoms with Crippen molar-refractivity contribution in [3.8, 4) is 0 Å². The van der Waals surface area contributed by atoms with Crippen molar-refractivity contribution in [3.05, 3.63) is 24.0 Å². The van der Waals surface area contributed by atoms with Crippen molar-refractivity contribution in [1.29, 1.82) is 0 Å². The summed E-state index contributed by atoms with van der Waals surface area (Å²) in [6.07, 6.45) is 2.27. The summed E-state index contributed by atoms with van der Waals surface area (Å²) >= 11 is 0. The highest BCUT2D eigenvalue weighted by atomic mass is 32.2. The lowest BCUT2D eigenvalue weighted by atomic mass is 9.65. The third-order valence-corrected chi connectivity index (χ3v) is 5.64. The Morgan fingerprint density at radius 1 is 1.55 bits per heavy atom. The van der Waals surface area contributed by atoms with Crippen molar-refractivity contribution < 1.29 is 13.2 Å². The van der Waals surface area contributed by atoms with Crippen molar-refractivity contribution >= 4 is 10.0 Å². The second-order valence-electron chi connectivity index (χ2n) is 5.61. The highest BCUT2D eigenvalue weighted by Crippen LogP contribution is 2.43. The molecule has 3 N–H and O–H groups in total. The molecule has 0 saturated heterocycles. The molecule has 0 amide bonds. The van der Waals surface area contributed by atoms with E-state index in [1.807, 2.05) is 13.8 Å². The van der Waals surface area contributed by atoms with E-state index in [-0.39, 0.29) is 29.0 Å². The molecule has 7 heteroatoms. The molecule has 20 heavy (non-hydrogen) atoms. The van der Waals surface area contributed by atoms with Crippen molar-refractivity contribution in [2.45, 2.75) is 43.9 Å². The molecular weight excluding hydrogens is 278 g/mol. The summed E-state index contributed by atoms with van der Waals surface area (Å²) in [6.45, 7) is 4.07. The van der Waals surface area contributed by atoms with Gasteiger partial charge in [-0.15, -0.1) is 0 Å². The van der Waals surface area contributed by atoms with E-state index in [0.29, 0.717) is 12.1 Å². The van der Waals surface area contributed by atoms with Gasteiger partial charge in [-0.05, 0) is 18.6 Å². The van der Waals surface area contributed by atoms with Gasteiger partial charge in [0, 0.05) is 31.3 Å². The Morgan fingerprint density at radius 3 is 2.80 bits per heavy atom. The third kappa shape index (κ3) is 2.58. The van der Waals surface area contributed by atoms with Crippen LogP contribution in [0.15, 0.2) is 23.2 Å². The molecule has 1 saturated carbocycles. The minimum absolute atomic E-state index is 0.0677. The Balaban J connectivity index is 2.21. The van der Waals surface area contributed by atoms with E-state index < -0.39 is 10.0 Å². The highest BCUT2D eigenvalue weighted by molar-refractivity contribution is 7.89. The molecule has 1 heterocycles. The molecule has 2 unspecified atom stereocenters. The van der Waals surface area contributed by atoms with Gasteiger partial charge in [0.25, 0.3) is 0 Å². The van der Waals surface area contributed by atoms with Crippen LogP contribution in [0.3, 0.4) is 0 Å². The monoisotopic (exact) mass is 299 g/mol. The Hall–Kier alpha value is -1.02. The summed E-state index contributed by atoms with van der Waals surface area (Å²) in [5, 5.41) is 0. The first kappa shape index (κ1) is 15.4. The number of methoxy groups -OCH3 is 1. The summed E-state index contributed by atoms with van der Waals surface area (Å²) in [6, 6.07) is 2.97. The van der Waals surface area contributed by atoms with E-state index in [4.69, 9.17) is 10.5 Å². The second-order valence-corrected chi connectivity index (χ2v) is 7.29. The number of nitrogens with two attached hydrogens (primary N) is 1. The van der Waals surface area contributed by atoms with Crippen LogP contribution in [0.2, 0.25) is 0 Å². The van der Waals surface area contributed by atoms with Gasteiger partial charge in [-0.3, -0.25) is 4.98 Å². The van der Waals surface area contributed by atoms with Gasteiger partial charge < -0.3 is 10.5 Å². The van der Waals surface area contributed by atoms with Crippen LogP contribution in [0.25, 0.3) is 0 Å². The first-order chi connectivity index (χ1) is 9.32. The molecule has 0 radical (unpaired) electrons. The lowest BCUT2D eigenvalue weighted by molar-refractivity contribution is -0.0908. The topological polar surface area (TPSA) is 94.3 Å². The number of sulfonamides is 1. The maximum Gasteiger partial charge on any atom is 0.242 e. The Morgan fingerprint density at radius 2 is 2.25 bits per heavy atom. The van der Waals surface area contributed by atoms with Crippen LogP contribution in [0.1, 0.15) is 26.0 Å². The summed E-state index contributed by atoms with van der Waals surface area (Å²) < 4.78 is 33.0.